The number of halogens is 3. The zero-order valence-corrected chi connectivity index (χ0v) is 9.32. The monoisotopic (exact) mass is 248 g/mol. The molecule has 96 valence electrons. The number of nitrogens with zero attached hydrogens (tertiary/aromatic N) is 3. The molecule has 7 heteroatoms. The summed E-state index contributed by atoms with van der Waals surface area (Å²) in [5.74, 6) is 0. The second-order valence-electron chi connectivity index (χ2n) is 4.35. The van der Waals surface area contributed by atoms with Gasteiger partial charge in [0.15, 0.2) is 0 Å². The van der Waals surface area contributed by atoms with Gasteiger partial charge in [0.2, 0.25) is 0 Å². The topological polar surface area (TPSA) is 47.1 Å². The van der Waals surface area contributed by atoms with Crippen molar-refractivity contribution in [2.24, 2.45) is 0 Å². The van der Waals surface area contributed by atoms with Crippen LogP contribution in [0.5, 0.6) is 0 Å². The molecule has 0 atom stereocenters. The van der Waals surface area contributed by atoms with Crippen LogP contribution >= 0.6 is 0 Å². The van der Waals surface area contributed by atoms with Crippen LogP contribution in [0.2, 0.25) is 0 Å². The second kappa shape index (κ2) is 4.56. The number of nitrogens with two attached hydrogens (primary N) is 1. The minimum Gasteiger partial charge on any atom is -0.396 e. The van der Waals surface area contributed by atoms with Gasteiger partial charge in [-0.2, -0.15) is 18.3 Å². The number of alkyl halides is 3. The van der Waals surface area contributed by atoms with E-state index in [4.69, 9.17) is 5.73 Å². The van der Waals surface area contributed by atoms with Crippen LogP contribution in [0.15, 0.2) is 12.4 Å². The normalized spacial score (nSPS) is 16.7. The molecule has 0 radical (unpaired) electrons. The van der Waals surface area contributed by atoms with Gasteiger partial charge in [-0.25, -0.2) is 0 Å². The molecule has 1 saturated carbocycles. The van der Waals surface area contributed by atoms with Crippen molar-refractivity contribution in [1.82, 2.24) is 14.7 Å². The average Bonchev–Trinajstić information content (AvgIpc) is 2.96. The van der Waals surface area contributed by atoms with Crippen LogP contribution in [0, 0.1) is 0 Å². The molecule has 0 bridgehead atoms. The Morgan fingerprint density at radius 1 is 1.47 bits per heavy atom. The average molecular weight is 248 g/mol. The number of anilines is 1. The standard InChI is InChI=1S/C10H15F3N4/c11-10(12,13)7-16(9-1-2-9)3-4-17-6-8(14)5-15-17/h5-6,9H,1-4,7,14H2. The minimum atomic E-state index is -4.13. The molecule has 1 aromatic rings. The highest BCUT2D eigenvalue weighted by Crippen LogP contribution is 2.29. The van der Waals surface area contributed by atoms with Gasteiger partial charge in [-0.3, -0.25) is 9.58 Å². The summed E-state index contributed by atoms with van der Waals surface area (Å²) >= 11 is 0. The van der Waals surface area contributed by atoms with Gasteiger partial charge in [-0.1, -0.05) is 0 Å². The fraction of sp³-hybridized carbons (Fsp3) is 0.700. The lowest BCUT2D eigenvalue weighted by Gasteiger charge is -2.23. The summed E-state index contributed by atoms with van der Waals surface area (Å²) in [6.45, 7) is -0.0521. The van der Waals surface area contributed by atoms with Crippen LogP contribution in [0.4, 0.5) is 18.9 Å². The van der Waals surface area contributed by atoms with E-state index < -0.39 is 12.7 Å². The first-order valence-corrected chi connectivity index (χ1v) is 5.53. The van der Waals surface area contributed by atoms with E-state index in [1.54, 1.807) is 10.9 Å². The molecule has 0 aromatic carbocycles. The van der Waals surface area contributed by atoms with Crippen molar-refractivity contribution in [1.29, 1.82) is 0 Å². The molecule has 0 saturated heterocycles. The van der Waals surface area contributed by atoms with Crippen molar-refractivity contribution in [3.63, 3.8) is 0 Å². The van der Waals surface area contributed by atoms with Gasteiger partial charge in [0.05, 0.1) is 25.0 Å². The lowest BCUT2D eigenvalue weighted by molar-refractivity contribution is -0.147. The molecule has 0 aliphatic heterocycles. The number of nitrogen functional groups attached to an aromatic ring is 1. The summed E-state index contributed by atoms with van der Waals surface area (Å²) in [6.07, 6.45) is 0.699. The van der Waals surface area contributed by atoms with Gasteiger partial charge < -0.3 is 5.73 Å². The third kappa shape index (κ3) is 3.92. The Hall–Kier alpha value is -1.24. The first-order chi connectivity index (χ1) is 7.94. The van der Waals surface area contributed by atoms with E-state index in [0.29, 0.717) is 18.8 Å². The van der Waals surface area contributed by atoms with Gasteiger partial charge in [-0.15, -0.1) is 0 Å². The summed E-state index contributed by atoms with van der Waals surface area (Å²) < 4.78 is 38.6. The molecular weight excluding hydrogens is 233 g/mol. The number of hydrogen-bond donors (Lipinski definition) is 1. The molecule has 1 aromatic heterocycles. The number of aromatic nitrogens is 2. The smallest absolute Gasteiger partial charge is 0.396 e. The molecule has 2 rings (SSSR count). The SMILES string of the molecule is Nc1cnn(CCN(CC(F)(F)F)C2CC2)c1. The van der Waals surface area contributed by atoms with E-state index in [1.165, 1.54) is 11.1 Å². The predicted octanol–water partition coefficient (Wildman–Crippen LogP) is 1.49. The fourth-order valence-electron chi connectivity index (χ4n) is 1.79. The first-order valence-electron chi connectivity index (χ1n) is 5.53. The highest BCUT2D eigenvalue weighted by Gasteiger charge is 2.37. The Morgan fingerprint density at radius 3 is 2.65 bits per heavy atom. The number of hydrogen-bond acceptors (Lipinski definition) is 3. The van der Waals surface area contributed by atoms with E-state index in [0.717, 1.165) is 12.8 Å². The number of rotatable bonds is 5. The van der Waals surface area contributed by atoms with Gasteiger partial charge in [0, 0.05) is 18.8 Å². The van der Waals surface area contributed by atoms with E-state index in [-0.39, 0.29) is 6.04 Å². The largest absolute Gasteiger partial charge is 0.401 e. The van der Waals surface area contributed by atoms with Crippen LogP contribution in [0.25, 0.3) is 0 Å². The maximum Gasteiger partial charge on any atom is 0.401 e. The Bertz CT molecular complexity index is 370. The van der Waals surface area contributed by atoms with E-state index >= 15 is 0 Å². The van der Waals surface area contributed by atoms with E-state index in [9.17, 15) is 13.2 Å². The van der Waals surface area contributed by atoms with Gasteiger partial charge in [0.25, 0.3) is 0 Å². The summed E-state index contributed by atoms with van der Waals surface area (Å²) in [5, 5.41) is 3.95. The molecule has 1 aliphatic carbocycles. The fourth-order valence-corrected chi connectivity index (χ4v) is 1.79. The molecule has 0 unspecified atom stereocenters. The maximum atomic E-state index is 12.3. The van der Waals surface area contributed by atoms with Crippen LogP contribution < -0.4 is 5.73 Å². The minimum absolute atomic E-state index is 0.0875. The van der Waals surface area contributed by atoms with E-state index in [1.807, 2.05) is 0 Å². The third-order valence-electron chi connectivity index (χ3n) is 2.72. The molecule has 2 N–H and O–H groups in total. The van der Waals surface area contributed by atoms with Crippen molar-refractivity contribution in [3.8, 4) is 0 Å². The van der Waals surface area contributed by atoms with Crippen molar-refractivity contribution >= 4 is 5.69 Å². The van der Waals surface area contributed by atoms with Crippen LogP contribution in [0.3, 0.4) is 0 Å². The van der Waals surface area contributed by atoms with Gasteiger partial charge in [0.1, 0.15) is 0 Å². The van der Waals surface area contributed by atoms with Crippen LogP contribution in [0.1, 0.15) is 12.8 Å². The zero-order valence-electron chi connectivity index (χ0n) is 9.32. The Labute approximate surface area is 97.2 Å². The zero-order chi connectivity index (χ0) is 12.5. The highest BCUT2D eigenvalue weighted by atomic mass is 19.4. The summed E-state index contributed by atoms with van der Waals surface area (Å²) in [5.41, 5.74) is 6.01. The lowest BCUT2D eigenvalue weighted by Crippen LogP contribution is -2.38. The highest BCUT2D eigenvalue weighted by molar-refractivity contribution is 5.30. The van der Waals surface area contributed by atoms with Crippen molar-refractivity contribution in [3.05, 3.63) is 12.4 Å². The molecule has 17 heavy (non-hydrogen) atoms. The second-order valence-corrected chi connectivity index (χ2v) is 4.35. The molecule has 4 nitrogen and oxygen atoms in total. The summed E-state index contributed by atoms with van der Waals surface area (Å²) in [6, 6.07) is 0.0875. The Kier molecular flexibility index (Phi) is 3.28. The molecule has 1 aliphatic rings. The predicted molar refractivity (Wildman–Crippen MR) is 57.3 cm³/mol. The summed E-state index contributed by atoms with van der Waals surface area (Å²) in [7, 11) is 0. The van der Waals surface area contributed by atoms with Crippen molar-refractivity contribution < 1.29 is 13.2 Å². The van der Waals surface area contributed by atoms with Crippen LogP contribution in [-0.4, -0.2) is 40.0 Å². The van der Waals surface area contributed by atoms with Gasteiger partial charge in [-0.05, 0) is 12.8 Å². The molecule has 1 fully saturated rings. The molecular formula is C10H15F3N4. The maximum absolute atomic E-state index is 12.3. The third-order valence-corrected chi connectivity index (χ3v) is 2.72. The Morgan fingerprint density at radius 2 is 2.18 bits per heavy atom. The molecule has 1 heterocycles. The quantitative estimate of drug-likeness (QED) is 0.858. The van der Waals surface area contributed by atoms with Gasteiger partial charge >= 0.3 is 6.18 Å². The first kappa shape index (κ1) is 12.2. The van der Waals surface area contributed by atoms with Crippen LogP contribution in [-0.2, 0) is 6.54 Å². The summed E-state index contributed by atoms with van der Waals surface area (Å²) in [4.78, 5) is 1.47. The molecule has 0 spiro atoms. The Balaban J connectivity index is 1.85. The van der Waals surface area contributed by atoms with Crippen molar-refractivity contribution in [2.45, 2.75) is 31.6 Å². The molecule has 0 amide bonds. The van der Waals surface area contributed by atoms with Crippen molar-refractivity contribution in [2.75, 3.05) is 18.8 Å². The van der Waals surface area contributed by atoms with E-state index in [2.05, 4.69) is 5.10 Å². The lowest BCUT2D eigenvalue weighted by atomic mass is 10.4.